The summed E-state index contributed by atoms with van der Waals surface area (Å²) in [6, 6.07) is 18.2. The lowest BCUT2D eigenvalue weighted by atomic mass is 10.1. The van der Waals surface area contributed by atoms with Crippen LogP contribution in [0.25, 0.3) is 11.2 Å². The van der Waals surface area contributed by atoms with Gasteiger partial charge in [-0.2, -0.15) is 0 Å². The first-order valence-electron chi connectivity index (χ1n) is 10.6. The first kappa shape index (κ1) is 22.0. The average molecular weight is 449 g/mol. The maximum absolute atomic E-state index is 13.7. The molecule has 0 aliphatic heterocycles. The highest BCUT2D eigenvalue weighted by atomic mass is 32.2. The van der Waals surface area contributed by atoms with Crippen LogP contribution in [-0.2, 0) is 12.3 Å². The van der Waals surface area contributed by atoms with Crippen molar-refractivity contribution in [3.05, 3.63) is 89.4 Å². The van der Waals surface area contributed by atoms with Crippen molar-refractivity contribution in [2.75, 3.05) is 0 Å². The van der Waals surface area contributed by atoms with Gasteiger partial charge < -0.3 is 5.32 Å². The minimum atomic E-state index is -0.258. The molecule has 1 N–H and O–H groups in total. The summed E-state index contributed by atoms with van der Waals surface area (Å²) in [6.07, 6.45) is 2.63. The van der Waals surface area contributed by atoms with Gasteiger partial charge in [0.05, 0.1) is 6.54 Å². The van der Waals surface area contributed by atoms with Crippen molar-refractivity contribution in [2.45, 2.75) is 43.8 Å². The Balaban J connectivity index is 1.51. The van der Waals surface area contributed by atoms with Crippen molar-refractivity contribution in [1.82, 2.24) is 19.9 Å². The molecule has 1 amide bonds. The number of nitrogens with one attached hydrogen (secondary N) is 1. The first-order chi connectivity index (χ1) is 15.5. The molecule has 0 radical (unpaired) electrons. The molecule has 0 bridgehead atoms. The number of halogens is 1. The van der Waals surface area contributed by atoms with E-state index in [0.717, 1.165) is 33.9 Å². The summed E-state index contributed by atoms with van der Waals surface area (Å²) in [5, 5.41) is 3.80. The summed E-state index contributed by atoms with van der Waals surface area (Å²) in [6.45, 7) is 4.53. The highest BCUT2D eigenvalue weighted by Crippen LogP contribution is 2.27. The van der Waals surface area contributed by atoms with Gasteiger partial charge in [-0.3, -0.25) is 9.36 Å². The van der Waals surface area contributed by atoms with E-state index in [9.17, 15) is 9.18 Å². The second-order valence-corrected chi connectivity index (χ2v) is 8.67. The van der Waals surface area contributed by atoms with Crippen LogP contribution in [0.4, 0.5) is 4.39 Å². The molecule has 0 aliphatic carbocycles. The van der Waals surface area contributed by atoms with Crippen LogP contribution in [0, 0.1) is 5.82 Å². The number of carbonyl (C=O) groups excluding carboxylic acids is 1. The zero-order chi connectivity index (χ0) is 22.5. The lowest BCUT2D eigenvalue weighted by Gasteiger charge is -2.11. The normalized spacial score (nSPS) is 12.1. The van der Waals surface area contributed by atoms with Crippen molar-refractivity contribution < 1.29 is 9.18 Å². The Labute approximate surface area is 191 Å². The Bertz CT molecular complexity index is 1220. The van der Waals surface area contributed by atoms with Crippen molar-refractivity contribution in [3.63, 3.8) is 0 Å². The molecule has 4 rings (SSSR count). The van der Waals surface area contributed by atoms with Gasteiger partial charge in [-0.25, -0.2) is 14.4 Å². The van der Waals surface area contributed by atoms with Gasteiger partial charge in [-0.15, -0.1) is 0 Å². The van der Waals surface area contributed by atoms with Crippen molar-refractivity contribution in [1.29, 1.82) is 0 Å². The Morgan fingerprint density at radius 1 is 1.12 bits per heavy atom. The molecule has 1 atom stereocenters. The molecule has 2 aromatic carbocycles. The number of hydrogen-bond acceptors (Lipinski definition) is 4. The number of nitrogens with zero attached hydrogens (tertiary/aromatic N) is 3. The number of rotatable bonds is 8. The lowest BCUT2D eigenvalue weighted by molar-refractivity contribution is 0.0939. The summed E-state index contributed by atoms with van der Waals surface area (Å²) in [5.41, 5.74) is 4.18. The molecule has 2 aromatic heterocycles. The van der Waals surface area contributed by atoms with Gasteiger partial charge in [0.2, 0.25) is 0 Å². The van der Waals surface area contributed by atoms with Crippen molar-refractivity contribution in [2.24, 2.45) is 0 Å². The number of imidazole rings is 1. The predicted octanol–water partition coefficient (Wildman–Crippen LogP) is 5.44. The van der Waals surface area contributed by atoms with Gasteiger partial charge in [0.1, 0.15) is 11.3 Å². The molecule has 7 heteroatoms. The van der Waals surface area contributed by atoms with E-state index < -0.39 is 0 Å². The third-order valence-electron chi connectivity index (χ3n) is 5.27. The van der Waals surface area contributed by atoms with E-state index in [0.29, 0.717) is 17.9 Å². The van der Waals surface area contributed by atoms with E-state index in [1.807, 2.05) is 60.9 Å². The van der Waals surface area contributed by atoms with E-state index in [-0.39, 0.29) is 17.8 Å². The largest absolute Gasteiger partial charge is 0.350 e. The molecule has 0 spiro atoms. The average Bonchev–Trinajstić information content (AvgIpc) is 3.15. The first-order valence-corrected chi connectivity index (χ1v) is 11.6. The van der Waals surface area contributed by atoms with E-state index in [1.165, 1.54) is 12.1 Å². The monoisotopic (exact) mass is 448 g/mol. The van der Waals surface area contributed by atoms with Crippen LogP contribution in [0.3, 0.4) is 0 Å². The number of hydrogen-bond donors (Lipinski definition) is 1. The van der Waals surface area contributed by atoms with Crippen LogP contribution in [-0.4, -0.2) is 26.5 Å². The minimum absolute atomic E-state index is 0.0542. The number of carbonyl (C=O) groups is 1. The fourth-order valence-electron chi connectivity index (χ4n) is 3.32. The van der Waals surface area contributed by atoms with Crippen LogP contribution in [0.15, 0.2) is 72.0 Å². The topological polar surface area (TPSA) is 59.8 Å². The standard InChI is InChI=1S/C25H25FN4OS/c1-3-17(2)28-24(31)20-11-9-18(10-12-20)16-32-25-29-22-8-5-13-27-23(22)30(25)15-19-6-4-7-21(26)14-19/h4-14,17H,3,15-16H2,1-2H3,(H,28,31). The molecule has 1 unspecified atom stereocenters. The van der Waals surface area contributed by atoms with Gasteiger partial charge in [0, 0.05) is 23.6 Å². The van der Waals surface area contributed by atoms with Gasteiger partial charge in [-0.1, -0.05) is 43.0 Å². The Hall–Kier alpha value is -3.19. The van der Waals surface area contributed by atoms with E-state index in [1.54, 1.807) is 24.0 Å². The number of aromatic nitrogens is 3. The highest BCUT2D eigenvalue weighted by molar-refractivity contribution is 7.98. The Kier molecular flexibility index (Phi) is 6.85. The van der Waals surface area contributed by atoms with E-state index in [4.69, 9.17) is 4.98 Å². The third kappa shape index (κ3) is 5.16. The molecule has 32 heavy (non-hydrogen) atoms. The molecule has 5 nitrogen and oxygen atoms in total. The minimum Gasteiger partial charge on any atom is -0.350 e. The SMILES string of the molecule is CCC(C)NC(=O)c1ccc(CSc2nc3cccnc3n2Cc2cccc(F)c2)cc1. The van der Waals surface area contributed by atoms with Crippen molar-refractivity contribution in [3.8, 4) is 0 Å². The van der Waals surface area contributed by atoms with Crippen LogP contribution in [0.5, 0.6) is 0 Å². The summed E-state index contributed by atoms with van der Waals surface area (Å²) in [5.74, 6) is 0.382. The number of pyridine rings is 1. The maximum Gasteiger partial charge on any atom is 0.251 e. The highest BCUT2D eigenvalue weighted by Gasteiger charge is 2.14. The van der Waals surface area contributed by atoms with E-state index >= 15 is 0 Å². The number of amides is 1. The second-order valence-electron chi connectivity index (χ2n) is 7.72. The summed E-state index contributed by atoms with van der Waals surface area (Å²) < 4.78 is 15.7. The molecular weight excluding hydrogens is 423 g/mol. The summed E-state index contributed by atoms with van der Waals surface area (Å²) in [4.78, 5) is 21.5. The Morgan fingerprint density at radius 3 is 2.69 bits per heavy atom. The zero-order valence-corrected chi connectivity index (χ0v) is 18.9. The quantitative estimate of drug-likeness (QED) is 0.365. The fraction of sp³-hybridized carbons (Fsp3) is 0.240. The van der Waals surface area contributed by atoms with Gasteiger partial charge in [0.15, 0.2) is 10.8 Å². The number of fused-ring (bicyclic) bond motifs is 1. The molecule has 0 fully saturated rings. The van der Waals surface area contributed by atoms with Crippen LogP contribution < -0.4 is 5.32 Å². The summed E-state index contributed by atoms with van der Waals surface area (Å²) in [7, 11) is 0. The molecular formula is C25H25FN4OS. The smallest absolute Gasteiger partial charge is 0.251 e. The number of benzene rings is 2. The van der Waals surface area contributed by atoms with Crippen LogP contribution >= 0.6 is 11.8 Å². The molecule has 0 saturated heterocycles. The van der Waals surface area contributed by atoms with E-state index in [2.05, 4.69) is 10.3 Å². The third-order valence-corrected chi connectivity index (χ3v) is 6.32. The van der Waals surface area contributed by atoms with Crippen LogP contribution in [0.1, 0.15) is 41.8 Å². The Morgan fingerprint density at radius 2 is 1.94 bits per heavy atom. The van der Waals surface area contributed by atoms with Crippen molar-refractivity contribution >= 4 is 28.8 Å². The molecule has 2 heterocycles. The lowest BCUT2D eigenvalue weighted by Crippen LogP contribution is -2.31. The number of thioether (sulfide) groups is 1. The molecule has 0 saturated carbocycles. The van der Waals surface area contributed by atoms with Crippen LogP contribution in [0.2, 0.25) is 0 Å². The fourth-order valence-corrected chi connectivity index (χ4v) is 4.28. The molecule has 4 aromatic rings. The zero-order valence-electron chi connectivity index (χ0n) is 18.1. The molecule has 0 aliphatic rings. The van der Waals surface area contributed by atoms with Gasteiger partial charge in [-0.05, 0) is 60.9 Å². The maximum atomic E-state index is 13.7. The summed E-state index contributed by atoms with van der Waals surface area (Å²) >= 11 is 1.60. The second kappa shape index (κ2) is 9.96. The van der Waals surface area contributed by atoms with Gasteiger partial charge >= 0.3 is 0 Å². The molecule has 164 valence electrons. The van der Waals surface area contributed by atoms with Gasteiger partial charge in [0.25, 0.3) is 5.91 Å². The predicted molar refractivity (Wildman–Crippen MR) is 126 cm³/mol.